The van der Waals surface area contributed by atoms with Gasteiger partial charge in [-0.1, -0.05) is 23.7 Å². The van der Waals surface area contributed by atoms with E-state index in [1.807, 2.05) is 0 Å². The summed E-state index contributed by atoms with van der Waals surface area (Å²) in [5.74, 6) is -1.03. The molecule has 0 fully saturated rings. The van der Waals surface area contributed by atoms with Crippen molar-refractivity contribution in [1.82, 2.24) is 0 Å². The Balaban J connectivity index is 2.24. The Morgan fingerprint density at radius 1 is 1.06 bits per heavy atom. The van der Waals surface area contributed by atoms with Crippen LogP contribution in [0.2, 0.25) is 5.02 Å². The molecule has 1 unspecified atom stereocenters. The van der Waals surface area contributed by atoms with Gasteiger partial charge in [0.1, 0.15) is 6.54 Å². The minimum atomic E-state index is -4.05. The zero-order valence-corrected chi connectivity index (χ0v) is 20.2. The Bertz CT molecular complexity index is 994. The van der Waals surface area contributed by atoms with Gasteiger partial charge >= 0.3 is 11.9 Å². The zero-order valence-electron chi connectivity index (χ0n) is 17.1. The Labute approximate surface area is 195 Å². The molecule has 2 rings (SSSR count). The number of anilines is 1. The first-order chi connectivity index (χ1) is 14.6. The second kappa shape index (κ2) is 11.5. The van der Waals surface area contributed by atoms with Gasteiger partial charge in [-0.25, -0.2) is 8.42 Å². The normalized spacial score (nSPS) is 12.1. The largest absolute Gasteiger partial charge is 0.465 e. The number of benzene rings is 2. The lowest BCUT2D eigenvalue weighted by Crippen LogP contribution is -2.36. The molecule has 31 heavy (non-hydrogen) atoms. The molecule has 7 nitrogen and oxygen atoms in total. The Hall–Kier alpha value is -2.10. The number of hydrogen-bond donors (Lipinski definition) is 0. The average molecular weight is 533 g/mol. The monoisotopic (exact) mass is 531 g/mol. The topological polar surface area (TPSA) is 90.0 Å². The summed E-state index contributed by atoms with van der Waals surface area (Å²) in [6.07, 6.45) is 0.574. The second-order valence-corrected chi connectivity index (χ2v) is 10.1. The van der Waals surface area contributed by atoms with E-state index in [0.717, 1.165) is 9.87 Å². The first-order valence-electron chi connectivity index (χ1n) is 9.50. The van der Waals surface area contributed by atoms with Crippen molar-refractivity contribution in [3.8, 4) is 0 Å². The number of nitrogens with zero attached hydrogens (tertiary/aromatic N) is 1. The van der Waals surface area contributed by atoms with E-state index < -0.39 is 22.5 Å². The van der Waals surface area contributed by atoms with E-state index in [9.17, 15) is 18.0 Å². The summed E-state index contributed by atoms with van der Waals surface area (Å²) in [5, 5.41) is 0.0696. The number of aryl methyl sites for hydroxylation is 1. The molecule has 0 N–H and O–H groups in total. The SMILES string of the molecule is CCOC(=O)CN(c1ccc(Cl)cc1)S(=O)(=O)c1ccc(CCC(=O)OC(C)Br)cc1. The molecular weight excluding hydrogens is 510 g/mol. The van der Waals surface area contributed by atoms with Crippen molar-refractivity contribution in [1.29, 1.82) is 0 Å². The van der Waals surface area contributed by atoms with Gasteiger partial charge in [0.05, 0.1) is 17.2 Å². The number of carbonyl (C=O) groups excluding carboxylic acids is 2. The van der Waals surface area contributed by atoms with Crippen LogP contribution < -0.4 is 4.31 Å². The predicted octanol–water partition coefficient (Wildman–Crippen LogP) is 4.32. The average Bonchev–Trinajstić information content (AvgIpc) is 2.71. The van der Waals surface area contributed by atoms with Gasteiger partial charge < -0.3 is 9.47 Å². The summed E-state index contributed by atoms with van der Waals surface area (Å²) < 4.78 is 37.5. The van der Waals surface area contributed by atoms with Gasteiger partial charge in [-0.2, -0.15) is 0 Å². The fourth-order valence-electron chi connectivity index (χ4n) is 2.69. The highest BCUT2D eigenvalue weighted by Crippen LogP contribution is 2.25. The smallest absolute Gasteiger partial charge is 0.326 e. The quantitative estimate of drug-likeness (QED) is 0.334. The highest BCUT2D eigenvalue weighted by atomic mass is 79.9. The van der Waals surface area contributed by atoms with Crippen LogP contribution in [0, 0.1) is 0 Å². The van der Waals surface area contributed by atoms with E-state index >= 15 is 0 Å². The van der Waals surface area contributed by atoms with Gasteiger partial charge in [0.25, 0.3) is 10.0 Å². The molecule has 0 aliphatic rings. The van der Waals surface area contributed by atoms with Crippen LogP contribution in [0.5, 0.6) is 0 Å². The molecular formula is C21H23BrClNO6S. The van der Waals surface area contributed by atoms with Crippen LogP contribution in [-0.4, -0.2) is 38.5 Å². The molecule has 0 aliphatic carbocycles. The Kier molecular flexibility index (Phi) is 9.33. The number of halogens is 2. The van der Waals surface area contributed by atoms with E-state index in [1.165, 1.54) is 24.3 Å². The molecule has 1 atom stereocenters. The molecule has 0 heterocycles. The number of rotatable bonds is 10. The van der Waals surface area contributed by atoms with Crippen molar-refractivity contribution in [2.24, 2.45) is 0 Å². The van der Waals surface area contributed by atoms with Crippen molar-refractivity contribution in [3.05, 3.63) is 59.1 Å². The standard InChI is InChI=1S/C21H23BrClNO6S/c1-3-29-21(26)14-24(18-9-7-17(23)8-10-18)31(27,28)19-11-4-16(5-12-19)6-13-20(25)30-15(2)22/h4-5,7-12,15H,3,6,13-14H2,1-2H3. The van der Waals surface area contributed by atoms with Crippen molar-refractivity contribution < 1.29 is 27.5 Å². The van der Waals surface area contributed by atoms with Gasteiger partial charge in [-0.15, -0.1) is 0 Å². The molecule has 0 spiro atoms. The molecule has 0 radical (unpaired) electrons. The van der Waals surface area contributed by atoms with Gasteiger partial charge in [-0.05, 0) is 78.2 Å². The number of hydrogen-bond acceptors (Lipinski definition) is 6. The molecule has 0 bridgehead atoms. The van der Waals surface area contributed by atoms with Crippen LogP contribution in [-0.2, 0) is 35.5 Å². The minimum absolute atomic E-state index is 0.00663. The third kappa shape index (κ3) is 7.52. The molecule has 2 aromatic carbocycles. The van der Waals surface area contributed by atoms with Crippen LogP contribution in [0.25, 0.3) is 0 Å². The molecule has 10 heteroatoms. The van der Waals surface area contributed by atoms with Crippen molar-refractivity contribution >= 4 is 55.2 Å². The number of ether oxygens (including phenoxy) is 2. The third-order valence-electron chi connectivity index (χ3n) is 4.12. The maximum absolute atomic E-state index is 13.3. The van der Waals surface area contributed by atoms with Crippen LogP contribution >= 0.6 is 27.5 Å². The van der Waals surface area contributed by atoms with Gasteiger partial charge in [-0.3, -0.25) is 13.9 Å². The first-order valence-corrected chi connectivity index (χ1v) is 12.2. The summed E-state index contributed by atoms with van der Waals surface area (Å²) in [5.41, 5.74) is 1.06. The molecule has 0 amide bonds. The van der Waals surface area contributed by atoms with Crippen LogP contribution in [0.15, 0.2) is 53.4 Å². The lowest BCUT2D eigenvalue weighted by Gasteiger charge is -2.23. The van der Waals surface area contributed by atoms with E-state index in [0.29, 0.717) is 11.4 Å². The maximum Gasteiger partial charge on any atom is 0.326 e. The van der Waals surface area contributed by atoms with Gasteiger partial charge in [0.15, 0.2) is 5.01 Å². The number of alkyl halides is 1. The highest BCUT2D eigenvalue weighted by Gasteiger charge is 2.27. The Morgan fingerprint density at radius 3 is 2.23 bits per heavy atom. The van der Waals surface area contributed by atoms with Crippen LogP contribution in [0.3, 0.4) is 0 Å². The van der Waals surface area contributed by atoms with Crippen molar-refractivity contribution in [2.75, 3.05) is 17.5 Å². The van der Waals surface area contributed by atoms with Crippen molar-refractivity contribution in [3.63, 3.8) is 0 Å². The molecule has 168 valence electrons. The van der Waals surface area contributed by atoms with Crippen LogP contribution in [0.1, 0.15) is 25.8 Å². The molecule has 2 aromatic rings. The predicted molar refractivity (Wildman–Crippen MR) is 122 cm³/mol. The van der Waals surface area contributed by atoms with Gasteiger partial charge in [0.2, 0.25) is 0 Å². The van der Waals surface area contributed by atoms with E-state index in [-0.39, 0.29) is 34.6 Å². The number of sulfonamides is 1. The molecule has 0 aliphatic heterocycles. The fourth-order valence-corrected chi connectivity index (χ4v) is 4.43. The zero-order chi connectivity index (χ0) is 23.0. The lowest BCUT2D eigenvalue weighted by molar-refractivity contribution is -0.144. The molecule has 0 aromatic heterocycles. The summed E-state index contributed by atoms with van der Waals surface area (Å²) in [4.78, 5) is 23.7. The second-order valence-electron chi connectivity index (χ2n) is 6.47. The maximum atomic E-state index is 13.3. The minimum Gasteiger partial charge on any atom is -0.465 e. The number of carbonyl (C=O) groups is 2. The van der Waals surface area contributed by atoms with E-state index in [4.69, 9.17) is 21.1 Å². The molecule has 0 saturated carbocycles. The van der Waals surface area contributed by atoms with Crippen molar-refractivity contribution in [2.45, 2.75) is 36.6 Å². The van der Waals surface area contributed by atoms with E-state index in [2.05, 4.69) is 15.9 Å². The third-order valence-corrected chi connectivity index (χ3v) is 6.34. The summed E-state index contributed by atoms with van der Waals surface area (Å²) >= 11 is 9.05. The lowest BCUT2D eigenvalue weighted by atomic mass is 10.1. The highest BCUT2D eigenvalue weighted by molar-refractivity contribution is 9.09. The van der Waals surface area contributed by atoms with Gasteiger partial charge in [0, 0.05) is 11.4 Å². The Morgan fingerprint density at radius 2 is 1.68 bits per heavy atom. The van der Waals surface area contributed by atoms with E-state index in [1.54, 1.807) is 38.1 Å². The summed E-state index contributed by atoms with van der Waals surface area (Å²) in [6.45, 7) is 3.00. The fraction of sp³-hybridized carbons (Fsp3) is 0.333. The first kappa shape index (κ1) is 25.2. The molecule has 0 saturated heterocycles. The van der Waals surface area contributed by atoms with Crippen LogP contribution in [0.4, 0.5) is 5.69 Å². The summed E-state index contributed by atoms with van der Waals surface area (Å²) in [7, 11) is -4.05. The number of esters is 2. The summed E-state index contributed by atoms with van der Waals surface area (Å²) in [6, 6.07) is 12.3.